The van der Waals surface area contributed by atoms with E-state index in [0.717, 1.165) is 6.42 Å². The molecule has 2 N–H and O–H groups in total. The van der Waals surface area contributed by atoms with Gasteiger partial charge in [-0.15, -0.1) is 0 Å². The molecule has 1 fully saturated rings. The summed E-state index contributed by atoms with van der Waals surface area (Å²) in [5, 5.41) is 11.5. The highest BCUT2D eigenvalue weighted by molar-refractivity contribution is 5.75. The Balaban J connectivity index is 2.33. The predicted octanol–water partition coefficient (Wildman–Crippen LogP) is 0.918. The molecule has 1 heterocycles. The highest BCUT2D eigenvalue weighted by atomic mass is 16.5. The number of hydrogen-bond donors (Lipinski definition) is 2. The van der Waals surface area contributed by atoms with Crippen LogP contribution in [0, 0.1) is 5.92 Å². The molecule has 104 valence electrons. The smallest absolute Gasteiger partial charge is 0.317 e. The van der Waals surface area contributed by atoms with Crippen molar-refractivity contribution in [3.63, 3.8) is 0 Å². The average Bonchev–Trinajstić information content (AvgIpc) is 2.38. The second-order valence-corrected chi connectivity index (χ2v) is 4.59. The van der Waals surface area contributed by atoms with Crippen LogP contribution in [0.15, 0.2) is 0 Å². The third kappa shape index (κ3) is 4.18. The molecule has 0 saturated carbocycles. The zero-order chi connectivity index (χ0) is 13.5. The van der Waals surface area contributed by atoms with Crippen molar-refractivity contribution in [1.29, 1.82) is 0 Å². The van der Waals surface area contributed by atoms with E-state index in [9.17, 15) is 9.59 Å². The molecule has 0 aromatic rings. The van der Waals surface area contributed by atoms with E-state index >= 15 is 0 Å². The molecular weight excluding hydrogens is 236 g/mol. The van der Waals surface area contributed by atoms with Crippen LogP contribution < -0.4 is 5.32 Å². The molecule has 6 heteroatoms. The quantitative estimate of drug-likeness (QED) is 0.768. The van der Waals surface area contributed by atoms with E-state index in [4.69, 9.17) is 9.84 Å². The molecule has 0 aliphatic carbocycles. The fourth-order valence-corrected chi connectivity index (χ4v) is 1.88. The van der Waals surface area contributed by atoms with Gasteiger partial charge in [-0.05, 0) is 12.8 Å². The molecule has 2 atom stereocenters. The van der Waals surface area contributed by atoms with Gasteiger partial charge in [0, 0.05) is 13.1 Å². The van der Waals surface area contributed by atoms with E-state index < -0.39 is 11.9 Å². The number of carboxylic acid groups (broad SMARTS) is 1. The second kappa shape index (κ2) is 7.20. The van der Waals surface area contributed by atoms with Gasteiger partial charge in [-0.3, -0.25) is 4.79 Å². The molecule has 2 amide bonds. The van der Waals surface area contributed by atoms with Crippen LogP contribution in [0.1, 0.15) is 26.7 Å². The van der Waals surface area contributed by atoms with Crippen LogP contribution in [0.3, 0.4) is 0 Å². The maximum Gasteiger partial charge on any atom is 0.317 e. The first-order valence-corrected chi connectivity index (χ1v) is 6.41. The molecule has 2 unspecified atom stereocenters. The Hall–Kier alpha value is -1.30. The molecular formula is C12H22N2O4. The highest BCUT2D eigenvalue weighted by Crippen LogP contribution is 2.10. The van der Waals surface area contributed by atoms with Crippen molar-refractivity contribution in [3.8, 4) is 0 Å². The molecule has 1 aliphatic rings. The highest BCUT2D eigenvalue weighted by Gasteiger charge is 2.25. The summed E-state index contributed by atoms with van der Waals surface area (Å²) in [4.78, 5) is 24.3. The molecule has 1 saturated heterocycles. The number of nitrogens with zero attached hydrogens (tertiary/aromatic N) is 1. The molecule has 0 radical (unpaired) electrons. The molecule has 0 spiro atoms. The third-order valence-electron chi connectivity index (χ3n) is 3.23. The fraction of sp³-hybridized carbons (Fsp3) is 0.833. The minimum Gasteiger partial charge on any atom is -0.481 e. The number of carbonyl (C=O) groups excluding carboxylic acids is 1. The number of nitrogens with one attached hydrogen (secondary N) is 1. The first kappa shape index (κ1) is 14.8. The van der Waals surface area contributed by atoms with Gasteiger partial charge in [0.15, 0.2) is 0 Å². The Morgan fingerprint density at radius 1 is 1.56 bits per heavy atom. The van der Waals surface area contributed by atoms with Crippen LogP contribution in [0.25, 0.3) is 0 Å². The normalized spacial score (nSPS) is 21.4. The van der Waals surface area contributed by atoms with Crippen molar-refractivity contribution in [3.05, 3.63) is 0 Å². The topological polar surface area (TPSA) is 78.9 Å². The number of carboxylic acids is 1. The van der Waals surface area contributed by atoms with Crippen molar-refractivity contribution >= 4 is 12.0 Å². The number of carbonyl (C=O) groups is 2. The van der Waals surface area contributed by atoms with Crippen LogP contribution in [0.5, 0.6) is 0 Å². The summed E-state index contributed by atoms with van der Waals surface area (Å²) >= 11 is 0. The summed E-state index contributed by atoms with van der Waals surface area (Å²) in [6.07, 6.45) is 1.31. The van der Waals surface area contributed by atoms with E-state index in [1.807, 2.05) is 6.92 Å². The minimum absolute atomic E-state index is 0.121. The lowest BCUT2D eigenvalue weighted by molar-refractivity contribution is -0.141. The summed E-state index contributed by atoms with van der Waals surface area (Å²) in [6, 6.07) is -0.00149. The van der Waals surface area contributed by atoms with Crippen molar-refractivity contribution in [1.82, 2.24) is 10.2 Å². The van der Waals surface area contributed by atoms with E-state index in [2.05, 4.69) is 5.32 Å². The van der Waals surface area contributed by atoms with Crippen LogP contribution in [-0.2, 0) is 9.53 Å². The van der Waals surface area contributed by atoms with Gasteiger partial charge in [-0.1, -0.05) is 13.8 Å². The van der Waals surface area contributed by atoms with Crippen molar-refractivity contribution < 1.29 is 19.4 Å². The molecule has 1 aliphatic heterocycles. The standard InChI is InChI=1S/C12H22N2O4/c1-3-10-8-18-7-6-14(10)12(17)13-5-4-9(2)11(15)16/h9-10H,3-8H2,1-2H3,(H,13,17)(H,15,16). The third-order valence-corrected chi connectivity index (χ3v) is 3.23. The lowest BCUT2D eigenvalue weighted by Crippen LogP contribution is -2.52. The second-order valence-electron chi connectivity index (χ2n) is 4.59. The summed E-state index contributed by atoms with van der Waals surface area (Å²) in [7, 11) is 0. The number of aliphatic carboxylic acids is 1. The van der Waals surface area contributed by atoms with Crippen molar-refractivity contribution in [2.24, 2.45) is 5.92 Å². The summed E-state index contributed by atoms with van der Waals surface area (Å²) < 4.78 is 5.33. The predicted molar refractivity (Wildman–Crippen MR) is 66.4 cm³/mol. The fourth-order valence-electron chi connectivity index (χ4n) is 1.88. The van der Waals surface area contributed by atoms with Crippen LogP contribution in [0.4, 0.5) is 4.79 Å². The molecule has 1 rings (SSSR count). The Labute approximate surface area is 107 Å². The van der Waals surface area contributed by atoms with Gasteiger partial charge in [-0.25, -0.2) is 4.79 Å². The number of ether oxygens (including phenoxy) is 1. The number of hydrogen-bond acceptors (Lipinski definition) is 3. The van der Waals surface area contributed by atoms with E-state index in [1.165, 1.54) is 0 Å². The van der Waals surface area contributed by atoms with Gasteiger partial charge in [0.05, 0.1) is 25.2 Å². The number of amides is 2. The van der Waals surface area contributed by atoms with Gasteiger partial charge in [-0.2, -0.15) is 0 Å². The van der Waals surface area contributed by atoms with Gasteiger partial charge >= 0.3 is 12.0 Å². The Morgan fingerprint density at radius 2 is 2.28 bits per heavy atom. The van der Waals surface area contributed by atoms with Crippen LogP contribution in [0.2, 0.25) is 0 Å². The monoisotopic (exact) mass is 258 g/mol. The SMILES string of the molecule is CCC1COCCN1C(=O)NCCC(C)C(=O)O. The Kier molecular flexibility index (Phi) is 5.91. The molecule has 0 bridgehead atoms. The zero-order valence-corrected chi connectivity index (χ0v) is 11.0. The molecule has 6 nitrogen and oxygen atoms in total. The van der Waals surface area contributed by atoms with Crippen molar-refractivity contribution in [2.45, 2.75) is 32.7 Å². The first-order valence-electron chi connectivity index (χ1n) is 6.41. The maximum atomic E-state index is 11.9. The lowest BCUT2D eigenvalue weighted by atomic mass is 10.1. The average molecular weight is 258 g/mol. The largest absolute Gasteiger partial charge is 0.481 e. The summed E-state index contributed by atoms with van der Waals surface area (Å²) in [5.74, 6) is -1.26. The Morgan fingerprint density at radius 3 is 2.89 bits per heavy atom. The molecule has 0 aromatic heterocycles. The Bertz CT molecular complexity index is 296. The van der Waals surface area contributed by atoms with Crippen LogP contribution >= 0.6 is 0 Å². The van der Waals surface area contributed by atoms with Gasteiger partial charge in [0.1, 0.15) is 0 Å². The van der Waals surface area contributed by atoms with E-state index in [-0.39, 0.29) is 12.1 Å². The maximum absolute atomic E-state index is 11.9. The number of rotatable bonds is 5. The van der Waals surface area contributed by atoms with Crippen molar-refractivity contribution in [2.75, 3.05) is 26.3 Å². The zero-order valence-electron chi connectivity index (χ0n) is 11.0. The summed E-state index contributed by atoms with van der Waals surface area (Å²) in [6.45, 7) is 5.79. The van der Waals surface area contributed by atoms with E-state index in [1.54, 1.807) is 11.8 Å². The molecule has 18 heavy (non-hydrogen) atoms. The lowest BCUT2D eigenvalue weighted by Gasteiger charge is -2.35. The van der Waals surface area contributed by atoms with Crippen LogP contribution in [-0.4, -0.2) is 54.4 Å². The van der Waals surface area contributed by atoms with Gasteiger partial charge in [0.25, 0.3) is 0 Å². The molecule has 0 aromatic carbocycles. The van der Waals surface area contributed by atoms with E-state index in [0.29, 0.717) is 32.7 Å². The number of morpholine rings is 1. The van der Waals surface area contributed by atoms with Gasteiger partial charge in [0.2, 0.25) is 0 Å². The first-order chi connectivity index (χ1) is 8.56. The number of urea groups is 1. The van der Waals surface area contributed by atoms with Gasteiger partial charge < -0.3 is 20.1 Å². The minimum atomic E-state index is -0.831. The summed E-state index contributed by atoms with van der Waals surface area (Å²) in [5.41, 5.74) is 0.